The van der Waals surface area contributed by atoms with Crippen LogP contribution in [0, 0.1) is 0 Å². The van der Waals surface area contributed by atoms with E-state index in [-0.39, 0.29) is 19.1 Å². The third kappa shape index (κ3) is 5.49. The third-order valence-electron chi connectivity index (χ3n) is 4.25. The first-order valence-corrected chi connectivity index (χ1v) is 9.05. The number of ether oxygens (including phenoxy) is 2. The molecule has 1 aromatic rings. The largest absolute Gasteiger partial charge is 0.497 e. The number of allylic oxidation sites excluding steroid dienone is 1. The first kappa shape index (κ1) is 19.3. The summed E-state index contributed by atoms with van der Waals surface area (Å²) in [6, 6.07) is 7.82. The fourth-order valence-electron chi connectivity index (χ4n) is 2.88. The Morgan fingerprint density at radius 2 is 2.12 bits per heavy atom. The fraction of sp³-hybridized carbons (Fsp3) is 0.550. The van der Waals surface area contributed by atoms with Crippen LogP contribution in [0.4, 0.5) is 0 Å². The lowest BCUT2D eigenvalue weighted by atomic mass is 10.0. The maximum atomic E-state index is 12.3. The van der Waals surface area contributed by atoms with E-state index in [1.807, 2.05) is 31.2 Å². The number of nitrogens with one attached hydrogen (secondary N) is 1. The van der Waals surface area contributed by atoms with E-state index in [1.54, 1.807) is 0 Å². The predicted octanol–water partition coefficient (Wildman–Crippen LogP) is 3.14. The van der Waals surface area contributed by atoms with Crippen molar-refractivity contribution in [3.05, 3.63) is 41.2 Å². The molecule has 0 spiro atoms. The molecule has 1 unspecified atom stereocenters. The van der Waals surface area contributed by atoms with Crippen molar-refractivity contribution >= 4 is 5.91 Å². The van der Waals surface area contributed by atoms with Crippen LogP contribution in [0.2, 0.25) is 0 Å². The van der Waals surface area contributed by atoms with E-state index in [9.17, 15) is 9.90 Å². The van der Waals surface area contributed by atoms with Crippen LogP contribution >= 0.6 is 0 Å². The van der Waals surface area contributed by atoms with E-state index in [0.717, 1.165) is 29.9 Å². The minimum Gasteiger partial charge on any atom is -0.497 e. The van der Waals surface area contributed by atoms with E-state index >= 15 is 0 Å². The van der Waals surface area contributed by atoms with Crippen LogP contribution in [0.25, 0.3) is 0 Å². The maximum absolute atomic E-state index is 12.3. The SMILES string of the molecule is CCC1=C(C(=O)NCC(O)COc2ccccc2C(C)C)CCCO1. The predicted molar refractivity (Wildman–Crippen MR) is 97.5 cm³/mol. The number of benzene rings is 1. The molecule has 1 aliphatic heterocycles. The summed E-state index contributed by atoms with van der Waals surface area (Å²) in [5, 5.41) is 12.9. The lowest BCUT2D eigenvalue weighted by Gasteiger charge is -2.21. The summed E-state index contributed by atoms with van der Waals surface area (Å²) in [7, 11) is 0. The first-order chi connectivity index (χ1) is 12.0. The Kier molecular flexibility index (Phi) is 7.31. The minimum atomic E-state index is -0.764. The highest BCUT2D eigenvalue weighted by Gasteiger charge is 2.20. The Balaban J connectivity index is 1.84. The molecule has 1 amide bonds. The first-order valence-electron chi connectivity index (χ1n) is 9.05. The van der Waals surface area contributed by atoms with Crippen molar-refractivity contribution in [2.45, 2.75) is 52.1 Å². The van der Waals surface area contributed by atoms with Crippen molar-refractivity contribution in [2.75, 3.05) is 19.8 Å². The van der Waals surface area contributed by atoms with Crippen molar-refractivity contribution in [3.8, 4) is 5.75 Å². The number of carbonyl (C=O) groups is 1. The molecule has 1 atom stereocenters. The molecule has 0 saturated carbocycles. The highest BCUT2D eigenvalue weighted by molar-refractivity contribution is 5.94. The monoisotopic (exact) mass is 347 g/mol. The van der Waals surface area contributed by atoms with Crippen LogP contribution in [0.5, 0.6) is 5.75 Å². The summed E-state index contributed by atoms with van der Waals surface area (Å²) < 4.78 is 11.3. The zero-order valence-electron chi connectivity index (χ0n) is 15.4. The van der Waals surface area contributed by atoms with Gasteiger partial charge >= 0.3 is 0 Å². The number of carbonyl (C=O) groups excluding carboxylic acids is 1. The molecule has 0 bridgehead atoms. The molecule has 0 fully saturated rings. The average molecular weight is 347 g/mol. The van der Waals surface area contributed by atoms with Crippen LogP contribution in [0.3, 0.4) is 0 Å². The Bertz CT molecular complexity index is 609. The van der Waals surface area contributed by atoms with Gasteiger partial charge < -0.3 is 19.9 Å². The van der Waals surface area contributed by atoms with Gasteiger partial charge in [-0.25, -0.2) is 0 Å². The fourth-order valence-corrected chi connectivity index (χ4v) is 2.88. The van der Waals surface area contributed by atoms with Crippen LogP contribution < -0.4 is 10.1 Å². The van der Waals surface area contributed by atoms with Crippen LogP contribution in [0.1, 0.15) is 51.5 Å². The number of aliphatic hydroxyl groups excluding tert-OH is 1. The molecule has 0 aliphatic carbocycles. The van der Waals surface area contributed by atoms with Crippen molar-refractivity contribution in [2.24, 2.45) is 0 Å². The Morgan fingerprint density at radius 1 is 1.36 bits per heavy atom. The van der Waals surface area contributed by atoms with Gasteiger partial charge in [0.25, 0.3) is 5.91 Å². The molecule has 1 heterocycles. The zero-order valence-corrected chi connectivity index (χ0v) is 15.4. The van der Waals surface area contributed by atoms with Crippen LogP contribution in [-0.4, -0.2) is 36.9 Å². The molecular formula is C20H29NO4. The number of amides is 1. The second kappa shape index (κ2) is 9.47. The average Bonchev–Trinajstić information content (AvgIpc) is 2.64. The summed E-state index contributed by atoms with van der Waals surface area (Å²) in [6.07, 6.45) is 1.52. The third-order valence-corrected chi connectivity index (χ3v) is 4.25. The smallest absolute Gasteiger partial charge is 0.250 e. The van der Waals surface area contributed by atoms with Gasteiger partial charge in [-0.15, -0.1) is 0 Å². The van der Waals surface area contributed by atoms with Gasteiger partial charge in [0, 0.05) is 13.0 Å². The second-order valence-electron chi connectivity index (χ2n) is 6.57. The molecule has 0 radical (unpaired) electrons. The lowest BCUT2D eigenvalue weighted by Crippen LogP contribution is -2.37. The number of rotatable bonds is 8. The normalized spacial score (nSPS) is 15.7. The summed E-state index contributed by atoms with van der Waals surface area (Å²) in [5.41, 5.74) is 1.81. The lowest BCUT2D eigenvalue weighted by molar-refractivity contribution is -0.118. The zero-order chi connectivity index (χ0) is 18.2. The highest BCUT2D eigenvalue weighted by atomic mass is 16.5. The topological polar surface area (TPSA) is 67.8 Å². The van der Waals surface area contributed by atoms with E-state index in [1.165, 1.54) is 0 Å². The molecule has 5 nitrogen and oxygen atoms in total. The summed E-state index contributed by atoms with van der Waals surface area (Å²) in [6.45, 7) is 7.14. The summed E-state index contributed by atoms with van der Waals surface area (Å²) in [5.74, 6) is 1.73. The van der Waals surface area contributed by atoms with Gasteiger partial charge in [0.05, 0.1) is 12.2 Å². The maximum Gasteiger partial charge on any atom is 0.250 e. The van der Waals surface area contributed by atoms with Crippen molar-refractivity contribution in [1.82, 2.24) is 5.32 Å². The molecule has 0 saturated heterocycles. The Morgan fingerprint density at radius 3 is 2.84 bits per heavy atom. The molecule has 2 rings (SSSR count). The standard InChI is InChI=1S/C20H29NO4/c1-4-18-17(9-7-11-24-18)20(23)21-12-15(22)13-25-19-10-6-5-8-16(19)14(2)3/h5-6,8,10,14-15,22H,4,7,9,11-13H2,1-3H3,(H,21,23). The van der Waals surface area contributed by atoms with E-state index in [2.05, 4.69) is 19.2 Å². The molecule has 1 aliphatic rings. The number of aliphatic hydroxyl groups is 1. The van der Waals surface area contributed by atoms with E-state index in [4.69, 9.17) is 9.47 Å². The van der Waals surface area contributed by atoms with Crippen LogP contribution in [0.15, 0.2) is 35.6 Å². The minimum absolute atomic E-state index is 0.139. The van der Waals surface area contributed by atoms with Gasteiger partial charge in [-0.1, -0.05) is 39.0 Å². The van der Waals surface area contributed by atoms with Crippen LogP contribution in [-0.2, 0) is 9.53 Å². The molecular weight excluding hydrogens is 318 g/mol. The molecule has 25 heavy (non-hydrogen) atoms. The second-order valence-corrected chi connectivity index (χ2v) is 6.57. The van der Waals surface area contributed by atoms with Gasteiger partial charge in [-0.2, -0.15) is 0 Å². The van der Waals surface area contributed by atoms with Crippen molar-refractivity contribution in [1.29, 1.82) is 0 Å². The number of hydrogen-bond acceptors (Lipinski definition) is 4. The van der Waals surface area contributed by atoms with Gasteiger partial charge in [-0.05, 0) is 30.4 Å². The van der Waals surface area contributed by atoms with Crippen molar-refractivity contribution < 1.29 is 19.4 Å². The molecule has 2 N–H and O–H groups in total. The van der Waals surface area contributed by atoms with Gasteiger partial charge in [0.2, 0.25) is 0 Å². The molecule has 138 valence electrons. The number of hydrogen-bond donors (Lipinski definition) is 2. The summed E-state index contributed by atoms with van der Waals surface area (Å²) >= 11 is 0. The Labute approximate surface area is 150 Å². The summed E-state index contributed by atoms with van der Waals surface area (Å²) in [4.78, 5) is 12.3. The molecule has 0 aromatic heterocycles. The van der Waals surface area contributed by atoms with Gasteiger partial charge in [0.1, 0.15) is 24.2 Å². The Hall–Kier alpha value is -2.01. The number of para-hydroxylation sites is 1. The highest BCUT2D eigenvalue weighted by Crippen LogP contribution is 2.26. The van der Waals surface area contributed by atoms with Gasteiger partial charge in [-0.3, -0.25) is 4.79 Å². The quantitative estimate of drug-likeness (QED) is 0.758. The van der Waals surface area contributed by atoms with E-state index in [0.29, 0.717) is 24.5 Å². The molecule has 5 heteroatoms. The molecule has 1 aromatic carbocycles. The van der Waals surface area contributed by atoms with E-state index < -0.39 is 6.10 Å². The van der Waals surface area contributed by atoms with Crippen molar-refractivity contribution in [3.63, 3.8) is 0 Å². The van der Waals surface area contributed by atoms with Gasteiger partial charge in [0.15, 0.2) is 0 Å².